The molecule has 0 aromatic heterocycles. The Kier molecular flexibility index (Phi) is 2.70. The molecule has 1 nitrogen and oxygen atoms in total. The number of benzene rings is 1. The quantitative estimate of drug-likeness (QED) is 0.681. The molecule has 0 atom stereocenters. The summed E-state index contributed by atoms with van der Waals surface area (Å²) in [5.74, 6) is -0.233. The van der Waals surface area contributed by atoms with Gasteiger partial charge in [-0.1, -0.05) is 11.6 Å². The molecule has 0 fully saturated rings. The summed E-state index contributed by atoms with van der Waals surface area (Å²) in [6.45, 7) is 0. The third kappa shape index (κ3) is 1.94. The SMILES string of the molecule is O=C1CCCc2cc(Cl)c(C(F)(F)F)cc21. The lowest BCUT2D eigenvalue weighted by molar-refractivity contribution is -0.137. The first-order chi connectivity index (χ1) is 7.39. The highest BCUT2D eigenvalue weighted by atomic mass is 35.5. The van der Waals surface area contributed by atoms with Crippen LogP contribution in [0, 0.1) is 0 Å². The molecule has 0 spiro atoms. The molecule has 0 aliphatic heterocycles. The van der Waals surface area contributed by atoms with E-state index < -0.39 is 11.7 Å². The van der Waals surface area contributed by atoms with Crippen LogP contribution in [0.1, 0.15) is 34.3 Å². The number of alkyl halides is 3. The van der Waals surface area contributed by atoms with Gasteiger partial charge in [0.1, 0.15) is 0 Å². The van der Waals surface area contributed by atoms with Gasteiger partial charge in [-0.15, -0.1) is 0 Å². The summed E-state index contributed by atoms with van der Waals surface area (Å²) in [6, 6.07) is 2.13. The maximum atomic E-state index is 12.6. The standard InChI is InChI=1S/C11H8ClF3O/c12-9-4-6-2-1-3-10(16)7(6)5-8(9)11(13,14)15/h4-5H,1-3H2. The van der Waals surface area contributed by atoms with Crippen molar-refractivity contribution in [1.29, 1.82) is 0 Å². The van der Waals surface area contributed by atoms with Crippen LogP contribution in [0.15, 0.2) is 12.1 Å². The van der Waals surface area contributed by atoms with E-state index in [9.17, 15) is 18.0 Å². The van der Waals surface area contributed by atoms with Gasteiger partial charge in [0.05, 0.1) is 10.6 Å². The summed E-state index contributed by atoms with van der Waals surface area (Å²) < 4.78 is 37.7. The minimum absolute atomic E-state index is 0.169. The second-order valence-electron chi connectivity index (χ2n) is 3.76. The zero-order valence-corrected chi connectivity index (χ0v) is 8.95. The van der Waals surface area contributed by atoms with Crippen molar-refractivity contribution < 1.29 is 18.0 Å². The predicted molar refractivity (Wildman–Crippen MR) is 53.7 cm³/mol. The fraction of sp³-hybridized carbons (Fsp3) is 0.364. The summed E-state index contributed by atoms with van der Waals surface area (Å²) in [7, 11) is 0. The average Bonchev–Trinajstić information content (AvgIpc) is 2.15. The topological polar surface area (TPSA) is 17.1 Å². The first-order valence-electron chi connectivity index (χ1n) is 4.82. The van der Waals surface area contributed by atoms with Crippen molar-refractivity contribution in [3.63, 3.8) is 0 Å². The van der Waals surface area contributed by atoms with Crippen LogP contribution in [0.3, 0.4) is 0 Å². The van der Waals surface area contributed by atoms with Crippen molar-refractivity contribution in [2.24, 2.45) is 0 Å². The van der Waals surface area contributed by atoms with Gasteiger partial charge in [0.25, 0.3) is 0 Å². The molecule has 1 aliphatic carbocycles. The van der Waals surface area contributed by atoms with Gasteiger partial charge in [-0.3, -0.25) is 4.79 Å². The fourth-order valence-corrected chi connectivity index (χ4v) is 2.17. The van der Waals surface area contributed by atoms with E-state index in [0.29, 0.717) is 24.8 Å². The normalized spacial score (nSPS) is 16.1. The highest BCUT2D eigenvalue weighted by Gasteiger charge is 2.35. The summed E-state index contributed by atoms with van der Waals surface area (Å²) >= 11 is 5.56. The highest BCUT2D eigenvalue weighted by molar-refractivity contribution is 6.31. The van der Waals surface area contributed by atoms with E-state index in [1.54, 1.807) is 0 Å². The Morgan fingerprint density at radius 2 is 1.88 bits per heavy atom. The van der Waals surface area contributed by atoms with E-state index in [1.165, 1.54) is 6.07 Å². The highest BCUT2D eigenvalue weighted by Crippen LogP contribution is 2.37. The van der Waals surface area contributed by atoms with Gasteiger partial charge in [0.2, 0.25) is 0 Å². The Balaban J connectivity index is 2.59. The molecule has 86 valence electrons. The number of Topliss-reactive ketones (excluding diaryl/α,β-unsaturated/α-hetero) is 1. The Morgan fingerprint density at radius 3 is 2.50 bits per heavy atom. The molecule has 1 aromatic carbocycles. The molecular weight excluding hydrogens is 241 g/mol. The lowest BCUT2D eigenvalue weighted by Gasteiger charge is -2.18. The Bertz CT molecular complexity index is 451. The molecule has 0 N–H and O–H groups in total. The van der Waals surface area contributed by atoms with Crippen LogP contribution in [0.2, 0.25) is 5.02 Å². The molecule has 0 heterocycles. The van der Waals surface area contributed by atoms with Crippen LogP contribution in [-0.2, 0) is 12.6 Å². The van der Waals surface area contributed by atoms with Crippen molar-refractivity contribution in [1.82, 2.24) is 0 Å². The number of fused-ring (bicyclic) bond motifs is 1. The molecule has 1 aliphatic rings. The summed E-state index contributed by atoms with van der Waals surface area (Å²) in [5, 5.41) is -0.332. The lowest BCUT2D eigenvalue weighted by Crippen LogP contribution is -2.14. The number of hydrogen-bond acceptors (Lipinski definition) is 1. The minimum Gasteiger partial charge on any atom is -0.294 e. The van der Waals surface area contributed by atoms with E-state index in [-0.39, 0.29) is 16.4 Å². The number of carbonyl (C=O) groups excluding carboxylic acids is 1. The van der Waals surface area contributed by atoms with Crippen LogP contribution in [0.5, 0.6) is 0 Å². The Labute approximate surface area is 95.2 Å². The third-order valence-corrected chi connectivity index (χ3v) is 2.96. The van der Waals surface area contributed by atoms with Crippen molar-refractivity contribution in [3.05, 3.63) is 33.8 Å². The molecular formula is C11H8ClF3O. The van der Waals surface area contributed by atoms with Gasteiger partial charge in [-0.05, 0) is 30.5 Å². The molecule has 0 radical (unpaired) electrons. The Hall–Kier alpha value is -1.03. The van der Waals surface area contributed by atoms with Crippen LogP contribution < -0.4 is 0 Å². The zero-order valence-electron chi connectivity index (χ0n) is 8.20. The Morgan fingerprint density at radius 1 is 1.19 bits per heavy atom. The van der Waals surface area contributed by atoms with Crippen LogP contribution in [0.4, 0.5) is 13.2 Å². The molecule has 0 saturated heterocycles. The van der Waals surface area contributed by atoms with Gasteiger partial charge in [-0.2, -0.15) is 13.2 Å². The largest absolute Gasteiger partial charge is 0.417 e. The molecule has 0 bridgehead atoms. The van der Waals surface area contributed by atoms with Crippen molar-refractivity contribution in [3.8, 4) is 0 Å². The van der Waals surface area contributed by atoms with Crippen LogP contribution >= 0.6 is 11.6 Å². The average molecular weight is 249 g/mol. The number of aryl methyl sites for hydroxylation is 1. The molecule has 0 saturated carbocycles. The van der Waals surface area contributed by atoms with Gasteiger partial charge < -0.3 is 0 Å². The minimum atomic E-state index is -4.51. The van der Waals surface area contributed by atoms with Crippen LogP contribution in [-0.4, -0.2) is 5.78 Å². The number of hydrogen-bond donors (Lipinski definition) is 0. The maximum Gasteiger partial charge on any atom is 0.417 e. The summed E-state index contributed by atoms with van der Waals surface area (Å²) in [5.41, 5.74) is -0.139. The molecule has 2 rings (SSSR count). The van der Waals surface area contributed by atoms with Crippen LogP contribution in [0.25, 0.3) is 0 Å². The van der Waals surface area contributed by atoms with E-state index in [1.807, 2.05) is 0 Å². The van der Waals surface area contributed by atoms with E-state index in [2.05, 4.69) is 0 Å². The van der Waals surface area contributed by atoms with Crippen molar-refractivity contribution >= 4 is 17.4 Å². The first kappa shape index (κ1) is 11.5. The van der Waals surface area contributed by atoms with E-state index in [4.69, 9.17) is 11.6 Å². The smallest absolute Gasteiger partial charge is 0.294 e. The van der Waals surface area contributed by atoms with Crippen molar-refractivity contribution in [2.75, 3.05) is 0 Å². The lowest BCUT2D eigenvalue weighted by atomic mass is 9.89. The summed E-state index contributed by atoms with van der Waals surface area (Å²) in [6.07, 6.45) is -2.91. The van der Waals surface area contributed by atoms with Crippen molar-refractivity contribution in [2.45, 2.75) is 25.4 Å². The zero-order chi connectivity index (χ0) is 11.9. The molecule has 16 heavy (non-hydrogen) atoms. The molecule has 1 aromatic rings. The first-order valence-corrected chi connectivity index (χ1v) is 5.20. The third-order valence-electron chi connectivity index (χ3n) is 2.65. The molecule has 5 heteroatoms. The number of ketones is 1. The maximum absolute atomic E-state index is 12.6. The number of halogens is 4. The van der Waals surface area contributed by atoms with Gasteiger partial charge in [0, 0.05) is 12.0 Å². The number of rotatable bonds is 0. The monoisotopic (exact) mass is 248 g/mol. The second kappa shape index (κ2) is 3.77. The second-order valence-corrected chi connectivity index (χ2v) is 4.17. The van der Waals surface area contributed by atoms with E-state index >= 15 is 0 Å². The van der Waals surface area contributed by atoms with E-state index in [0.717, 1.165) is 6.07 Å². The number of carbonyl (C=O) groups is 1. The van der Waals surface area contributed by atoms with Gasteiger partial charge in [0.15, 0.2) is 5.78 Å². The van der Waals surface area contributed by atoms with Gasteiger partial charge >= 0.3 is 6.18 Å². The molecule has 0 amide bonds. The van der Waals surface area contributed by atoms with Gasteiger partial charge in [-0.25, -0.2) is 0 Å². The summed E-state index contributed by atoms with van der Waals surface area (Å²) in [4.78, 5) is 11.5. The predicted octanol–water partition coefficient (Wildman–Crippen LogP) is 3.88. The molecule has 0 unspecified atom stereocenters. The fourth-order valence-electron chi connectivity index (χ4n) is 1.87.